The highest BCUT2D eigenvalue weighted by atomic mass is 16.5. The molecule has 0 fully saturated rings. The molecule has 1 amide bonds. The van der Waals surface area contributed by atoms with Crippen molar-refractivity contribution in [2.45, 2.75) is 46.0 Å². The lowest BCUT2D eigenvalue weighted by atomic mass is 9.87. The van der Waals surface area contributed by atoms with Gasteiger partial charge in [0.1, 0.15) is 5.75 Å². The van der Waals surface area contributed by atoms with Gasteiger partial charge < -0.3 is 14.6 Å². The molecule has 0 aliphatic heterocycles. The van der Waals surface area contributed by atoms with Gasteiger partial charge in [-0.25, -0.2) is 0 Å². The lowest BCUT2D eigenvalue weighted by Crippen LogP contribution is -2.16. The van der Waals surface area contributed by atoms with E-state index in [2.05, 4.69) is 36.2 Å². The van der Waals surface area contributed by atoms with Crippen molar-refractivity contribution in [2.75, 3.05) is 12.4 Å². The first-order valence-corrected chi connectivity index (χ1v) is 9.64. The summed E-state index contributed by atoms with van der Waals surface area (Å²) in [5, 5.41) is 6.94. The Hall–Kier alpha value is -3.15. The molecule has 2 aromatic carbocycles. The van der Waals surface area contributed by atoms with Crippen LogP contribution in [0.4, 0.5) is 5.69 Å². The number of hydrogen-bond donors (Lipinski definition) is 1. The molecule has 6 heteroatoms. The van der Waals surface area contributed by atoms with Gasteiger partial charge in [0.2, 0.25) is 17.6 Å². The first kappa shape index (κ1) is 20.6. The van der Waals surface area contributed by atoms with Crippen LogP contribution in [-0.4, -0.2) is 23.2 Å². The van der Waals surface area contributed by atoms with Crippen LogP contribution in [0, 0.1) is 6.92 Å². The molecule has 0 bridgehead atoms. The molecule has 0 unspecified atom stereocenters. The Morgan fingerprint density at radius 3 is 2.52 bits per heavy atom. The highest BCUT2D eigenvalue weighted by Gasteiger charge is 2.17. The number of aromatic nitrogens is 2. The van der Waals surface area contributed by atoms with E-state index in [1.165, 1.54) is 5.56 Å². The van der Waals surface area contributed by atoms with Crippen LogP contribution in [0.1, 0.15) is 44.2 Å². The average Bonchev–Trinajstić information content (AvgIpc) is 3.15. The van der Waals surface area contributed by atoms with Crippen molar-refractivity contribution in [3.8, 4) is 17.1 Å². The van der Waals surface area contributed by atoms with E-state index in [4.69, 9.17) is 9.26 Å². The second kappa shape index (κ2) is 8.47. The number of hydrogen-bond acceptors (Lipinski definition) is 5. The second-order valence-corrected chi connectivity index (χ2v) is 8.09. The van der Waals surface area contributed by atoms with Gasteiger partial charge in [-0.2, -0.15) is 4.98 Å². The van der Waals surface area contributed by atoms with Crippen LogP contribution in [0.15, 0.2) is 47.0 Å². The lowest BCUT2D eigenvalue weighted by molar-refractivity contribution is -0.116. The molecule has 3 rings (SSSR count). The Morgan fingerprint density at radius 2 is 1.86 bits per heavy atom. The molecular weight excluding hydrogens is 366 g/mol. The SMILES string of the molecule is COc1ccc(C(C)(C)C)cc1NC(=O)CCc1nc(-c2ccc(C)cc2)no1. The van der Waals surface area contributed by atoms with Gasteiger partial charge in [0.05, 0.1) is 12.8 Å². The van der Waals surface area contributed by atoms with Gasteiger partial charge in [0.25, 0.3) is 0 Å². The molecule has 0 saturated carbocycles. The smallest absolute Gasteiger partial charge is 0.227 e. The zero-order valence-corrected chi connectivity index (χ0v) is 17.6. The molecule has 0 aliphatic rings. The molecule has 1 aromatic heterocycles. The number of nitrogens with zero attached hydrogens (tertiary/aromatic N) is 2. The highest BCUT2D eigenvalue weighted by Crippen LogP contribution is 2.31. The van der Waals surface area contributed by atoms with Crippen LogP contribution in [0.3, 0.4) is 0 Å². The van der Waals surface area contributed by atoms with Crippen LogP contribution in [0.5, 0.6) is 5.75 Å². The van der Waals surface area contributed by atoms with Crippen molar-refractivity contribution in [1.82, 2.24) is 10.1 Å². The van der Waals surface area contributed by atoms with Crippen molar-refractivity contribution in [3.05, 3.63) is 59.5 Å². The number of anilines is 1. The Morgan fingerprint density at radius 1 is 1.14 bits per heavy atom. The maximum atomic E-state index is 12.5. The number of methoxy groups -OCH3 is 1. The van der Waals surface area contributed by atoms with Gasteiger partial charge in [-0.05, 0) is 30.0 Å². The lowest BCUT2D eigenvalue weighted by Gasteiger charge is -2.21. The Kier molecular flexibility index (Phi) is 6.01. The molecule has 0 atom stereocenters. The number of rotatable bonds is 6. The molecule has 152 valence electrons. The molecule has 29 heavy (non-hydrogen) atoms. The Labute approximate surface area is 171 Å². The number of carbonyl (C=O) groups is 1. The number of carbonyl (C=O) groups excluding carboxylic acids is 1. The predicted octanol–water partition coefficient (Wildman–Crippen LogP) is 4.92. The number of amides is 1. The summed E-state index contributed by atoms with van der Waals surface area (Å²) in [6, 6.07) is 13.7. The van der Waals surface area contributed by atoms with Crippen LogP contribution in [-0.2, 0) is 16.6 Å². The van der Waals surface area contributed by atoms with E-state index in [0.29, 0.717) is 29.6 Å². The minimum absolute atomic E-state index is 0.0259. The third kappa shape index (κ3) is 5.22. The maximum absolute atomic E-state index is 12.5. The Bertz CT molecular complexity index is 985. The fourth-order valence-electron chi connectivity index (χ4n) is 2.88. The number of aryl methyl sites for hydroxylation is 2. The summed E-state index contributed by atoms with van der Waals surface area (Å²) in [6.07, 6.45) is 0.602. The summed E-state index contributed by atoms with van der Waals surface area (Å²) in [7, 11) is 1.59. The van der Waals surface area contributed by atoms with E-state index < -0.39 is 0 Å². The van der Waals surface area contributed by atoms with Gasteiger partial charge in [-0.3, -0.25) is 4.79 Å². The first-order valence-electron chi connectivity index (χ1n) is 9.64. The standard InChI is InChI=1S/C23H27N3O3/c1-15-6-8-16(9-7-15)22-25-21(29-26-22)13-12-20(27)24-18-14-17(23(2,3)4)10-11-19(18)28-5/h6-11,14H,12-13H2,1-5H3,(H,24,27). The van der Waals surface area contributed by atoms with Gasteiger partial charge in [0.15, 0.2) is 0 Å². The summed E-state index contributed by atoms with van der Waals surface area (Å²) in [5.74, 6) is 1.46. The fourth-order valence-corrected chi connectivity index (χ4v) is 2.88. The summed E-state index contributed by atoms with van der Waals surface area (Å²) >= 11 is 0. The second-order valence-electron chi connectivity index (χ2n) is 8.09. The summed E-state index contributed by atoms with van der Waals surface area (Å²) in [6.45, 7) is 8.40. The van der Waals surface area contributed by atoms with Crippen LogP contribution in [0.25, 0.3) is 11.4 Å². The molecule has 0 spiro atoms. The molecular formula is C23H27N3O3. The average molecular weight is 393 g/mol. The molecule has 6 nitrogen and oxygen atoms in total. The number of ether oxygens (including phenoxy) is 1. The number of nitrogens with one attached hydrogen (secondary N) is 1. The topological polar surface area (TPSA) is 77.2 Å². The van der Waals surface area contributed by atoms with Gasteiger partial charge >= 0.3 is 0 Å². The minimum Gasteiger partial charge on any atom is -0.495 e. The molecule has 0 radical (unpaired) electrons. The highest BCUT2D eigenvalue weighted by molar-refractivity contribution is 5.92. The van der Waals surface area contributed by atoms with E-state index in [1.807, 2.05) is 49.4 Å². The van der Waals surface area contributed by atoms with E-state index in [9.17, 15) is 4.79 Å². The van der Waals surface area contributed by atoms with E-state index in [-0.39, 0.29) is 17.7 Å². The van der Waals surface area contributed by atoms with Crippen molar-refractivity contribution in [1.29, 1.82) is 0 Å². The van der Waals surface area contributed by atoms with E-state index in [0.717, 1.165) is 11.1 Å². The number of benzene rings is 2. The fraction of sp³-hybridized carbons (Fsp3) is 0.348. The van der Waals surface area contributed by atoms with Gasteiger partial charge in [-0.1, -0.05) is 61.8 Å². The Balaban J connectivity index is 1.64. The third-order valence-corrected chi connectivity index (χ3v) is 4.68. The first-order chi connectivity index (χ1) is 13.8. The van der Waals surface area contributed by atoms with Crippen LogP contribution < -0.4 is 10.1 Å². The maximum Gasteiger partial charge on any atom is 0.227 e. The third-order valence-electron chi connectivity index (χ3n) is 4.68. The monoisotopic (exact) mass is 393 g/mol. The van der Waals surface area contributed by atoms with E-state index in [1.54, 1.807) is 7.11 Å². The summed E-state index contributed by atoms with van der Waals surface area (Å²) < 4.78 is 10.7. The molecule has 3 aromatic rings. The van der Waals surface area contributed by atoms with Crippen molar-refractivity contribution >= 4 is 11.6 Å². The van der Waals surface area contributed by atoms with Crippen LogP contribution in [0.2, 0.25) is 0 Å². The zero-order valence-electron chi connectivity index (χ0n) is 17.6. The molecule has 0 aliphatic carbocycles. The summed E-state index contributed by atoms with van der Waals surface area (Å²) in [4.78, 5) is 16.9. The molecule has 1 N–H and O–H groups in total. The van der Waals surface area contributed by atoms with Crippen molar-refractivity contribution < 1.29 is 14.1 Å². The normalized spacial score (nSPS) is 11.3. The van der Waals surface area contributed by atoms with Gasteiger partial charge in [0, 0.05) is 18.4 Å². The van der Waals surface area contributed by atoms with Crippen molar-refractivity contribution in [2.24, 2.45) is 0 Å². The molecule has 1 heterocycles. The minimum atomic E-state index is -0.135. The largest absolute Gasteiger partial charge is 0.495 e. The summed E-state index contributed by atoms with van der Waals surface area (Å²) in [5.41, 5.74) is 3.81. The van der Waals surface area contributed by atoms with Crippen LogP contribution >= 0.6 is 0 Å². The zero-order chi connectivity index (χ0) is 21.0. The van der Waals surface area contributed by atoms with Crippen molar-refractivity contribution in [3.63, 3.8) is 0 Å². The quantitative estimate of drug-likeness (QED) is 0.643. The predicted molar refractivity (Wildman–Crippen MR) is 113 cm³/mol. The molecule has 0 saturated heterocycles. The van der Waals surface area contributed by atoms with Gasteiger partial charge in [-0.15, -0.1) is 0 Å². The van der Waals surface area contributed by atoms with E-state index >= 15 is 0 Å².